The van der Waals surface area contributed by atoms with Crippen LogP contribution in [0.15, 0.2) is 30.7 Å². The third-order valence-electron chi connectivity index (χ3n) is 3.53. The maximum absolute atomic E-state index is 4.50. The Morgan fingerprint density at radius 3 is 2.89 bits per heavy atom. The van der Waals surface area contributed by atoms with Gasteiger partial charge in [-0.25, -0.2) is 9.97 Å². The molecular formula is C14H14N4. The molecule has 3 aromatic rings. The van der Waals surface area contributed by atoms with Crippen molar-refractivity contribution in [1.29, 1.82) is 0 Å². The molecule has 4 heteroatoms. The fourth-order valence-corrected chi connectivity index (χ4v) is 2.41. The highest BCUT2D eigenvalue weighted by Crippen LogP contribution is 2.37. The number of H-pyrrole nitrogens is 1. The fraction of sp³-hybridized carbons (Fsp3) is 0.286. The molecule has 1 aromatic carbocycles. The van der Waals surface area contributed by atoms with Crippen LogP contribution in [0, 0.1) is 6.92 Å². The van der Waals surface area contributed by atoms with Crippen LogP contribution in [0.3, 0.4) is 0 Å². The smallest absolute Gasteiger partial charge is 0.103 e. The molecule has 1 fully saturated rings. The Bertz CT molecular complexity index is 718. The molecular weight excluding hydrogens is 224 g/mol. The quantitative estimate of drug-likeness (QED) is 0.745. The zero-order valence-electron chi connectivity index (χ0n) is 10.2. The lowest BCUT2D eigenvalue weighted by molar-refractivity contribution is 0.766. The number of rotatable bonds is 2. The number of fused-ring (bicyclic) bond motifs is 1. The average Bonchev–Trinajstić information content (AvgIpc) is 2.99. The molecule has 2 heterocycles. The summed E-state index contributed by atoms with van der Waals surface area (Å²) in [6, 6.07) is 7.10. The second-order valence-electron chi connectivity index (χ2n) is 4.97. The van der Waals surface area contributed by atoms with E-state index in [1.54, 1.807) is 0 Å². The van der Waals surface area contributed by atoms with Crippen LogP contribution in [0.2, 0.25) is 0 Å². The van der Waals surface area contributed by atoms with Crippen LogP contribution in [-0.2, 0) is 0 Å². The van der Waals surface area contributed by atoms with Crippen molar-refractivity contribution in [1.82, 2.24) is 19.5 Å². The van der Waals surface area contributed by atoms with Gasteiger partial charge in [-0.1, -0.05) is 6.07 Å². The van der Waals surface area contributed by atoms with E-state index in [-0.39, 0.29) is 0 Å². The zero-order valence-corrected chi connectivity index (χ0v) is 10.2. The van der Waals surface area contributed by atoms with Crippen LogP contribution in [-0.4, -0.2) is 19.5 Å². The first-order valence-electron chi connectivity index (χ1n) is 6.30. The number of nitrogens with one attached hydrogen (secondary N) is 1. The molecule has 0 bridgehead atoms. The maximum Gasteiger partial charge on any atom is 0.103 e. The summed E-state index contributed by atoms with van der Waals surface area (Å²) in [6.07, 6.45) is 6.40. The van der Waals surface area contributed by atoms with Crippen molar-refractivity contribution in [3.63, 3.8) is 0 Å². The van der Waals surface area contributed by atoms with E-state index in [2.05, 4.69) is 37.7 Å². The van der Waals surface area contributed by atoms with Crippen LogP contribution in [0.25, 0.3) is 22.3 Å². The molecule has 90 valence electrons. The molecule has 4 rings (SSSR count). The molecule has 0 radical (unpaired) electrons. The predicted octanol–water partition coefficient (Wildman–Crippen LogP) is 3.07. The molecule has 1 aliphatic rings. The van der Waals surface area contributed by atoms with Crippen LogP contribution in [0.5, 0.6) is 0 Å². The molecule has 0 saturated heterocycles. The van der Waals surface area contributed by atoms with Gasteiger partial charge in [0.25, 0.3) is 0 Å². The number of aromatic amines is 1. The molecule has 4 nitrogen and oxygen atoms in total. The highest BCUT2D eigenvalue weighted by atomic mass is 15.1. The minimum absolute atomic E-state index is 0.676. The van der Waals surface area contributed by atoms with Crippen LogP contribution < -0.4 is 0 Å². The number of imidazole rings is 2. The molecule has 0 atom stereocenters. The average molecular weight is 238 g/mol. The summed E-state index contributed by atoms with van der Waals surface area (Å²) in [5, 5.41) is 0. The first-order valence-corrected chi connectivity index (χ1v) is 6.30. The lowest BCUT2D eigenvalue weighted by Crippen LogP contribution is -1.90. The Kier molecular flexibility index (Phi) is 1.89. The molecule has 2 aromatic heterocycles. The van der Waals surface area contributed by atoms with Crippen LogP contribution in [0.1, 0.15) is 24.7 Å². The number of hydrogen-bond donors (Lipinski definition) is 1. The van der Waals surface area contributed by atoms with Crippen molar-refractivity contribution >= 4 is 11.0 Å². The van der Waals surface area contributed by atoms with Crippen LogP contribution >= 0.6 is 0 Å². The minimum atomic E-state index is 0.676. The predicted molar refractivity (Wildman–Crippen MR) is 70.3 cm³/mol. The van der Waals surface area contributed by atoms with Gasteiger partial charge in [0, 0.05) is 11.6 Å². The van der Waals surface area contributed by atoms with Gasteiger partial charge in [-0.3, -0.25) is 0 Å². The van der Waals surface area contributed by atoms with Gasteiger partial charge < -0.3 is 9.55 Å². The van der Waals surface area contributed by atoms with E-state index >= 15 is 0 Å². The molecule has 1 aliphatic carbocycles. The third-order valence-corrected chi connectivity index (χ3v) is 3.53. The largest absolute Gasteiger partial charge is 0.342 e. The Hall–Kier alpha value is -2.10. The number of hydrogen-bond acceptors (Lipinski definition) is 2. The summed E-state index contributed by atoms with van der Waals surface area (Å²) in [5.74, 6) is 0.939. The Balaban J connectivity index is 1.84. The first kappa shape index (κ1) is 9.88. The topological polar surface area (TPSA) is 46.5 Å². The summed E-state index contributed by atoms with van der Waals surface area (Å²) in [6.45, 7) is 1.96. The third kappa shape index (κ3) is 1.45. The molecule has 1 saturated carbocycles. The summed E-state index contributed by atoms with van der Waals surface area (Å²) in [7, 11) is 0. The summed E-state index contributed by atoms with van der Waals surface area (Å²) < 4.78 is 2.29. The van der Waals surface area contributed by atoms with E-state index in [4.69, 9.17) is 0 Å². The van der Waals surface area contributed by atoms with E-state index < -0.39 is 0 Å². The van der Waals surface area contributed by atoms with Gasteiger partial charge in [0.1, 0.15) is 5.82 Å². The second-order valence-corrected chi connectivity index (χ2v) is 4.97. The fourth-order valence-electron chi connectivity index (χ4n) is 2.41. The Morgan fingerprint density at radius 1 is 1.28 bits per heavy atom. The molecule has 0 unspecified atom stereocenters. The molecule has 1 N–H and O–H groups in total. The molecule has 18 heavy (non-hydrogen) atoms. The van der Waals surface area contributed by atoms with Crippen LogP contribution in [0.4, 0.5) is 0 Å². The van der Waals surface area contributed by atoms with Gasteiger partial charge in [0.2, 0.25) is 0 Å². The Labute approximate surface area is 105 Å². The van der Waals surface area contributed by atoms with Gasteiger partial charge in [0.15, 0.2) is 0 Å². The normalized spacial score (nSPS) is 15.4. The monoisotopic (exact) mass is 238 g/mol. The van der Waals surface area contributed by atoms with E-state index in [0.29, 0.717) is 6.04 Å². The summed E-state index contributed by atoms with van der Waals surface area (Å²) in [4.78, 5) is 12.0. The van der Waals surface area contributed by atoms with E-state index in [0.717, 1.165) is 22.6 Å². The summed E-state index contributed by atoms with van der Waals surface area (Å²) >= 11 is 0. The lowest BCUT2D eigenvalue weighted by Gasteiger charge is -2.02. The second kappa shape index (κ2) is 3.45. The standard InChI is InChI=1S/C14H14N4/c1-9-15-7-13(17-9)10-2-5-14-12(6-10)16-8-18(14)11-3-4-11/h2,5-8,11H,3-4H2,1H3,(H,15,17). The van der Waals surface area contributed by atoms with Crippen molar-refractivity contribution in [2.45, 2.75) is 25.8 Å². The highest BCUT2D eigenvalue weighted by molar-refractivity contribution is 5.81. The van der Waals surface area contributed by atoms with Gasteiger partial charge in [-0.2, -0.15) is 0 Å². The first-order chi connectivity index (χ1) is 8.81. The van der Waals surface area contributed by atoms with Gasteiger partial charge in [-0.05, 0) is 31.9 Å². The number of nitrogens with zero attached hydrogens (tertiary/aromatic N) is 3. The minimum Gasteiger partial charge on any atom is -0.342 e. The zero-order chi connectivity index (χ0) is 12.1. The van der Waals surface area contributed by atoms with Gasteiger partial charge >= 0.3 is 0 Å². The number of benzene rings is 1. The SMILES string of the molecule is Cc1ncc(-c2ccc3c(c2)ncn3C2CC2)[nH]1. The Morgan fingerprint density at radius 2 is 2.17 bits per heavy atom. The molecule has 0 amide bonds. The van der Waals surface area contributed by atoms with Crippen molar-refractivity contribution in [3.8, 4) is 11.3 Å². The number of aryl methyl sites for hydroxylation is 1. The lowest BCUT2D eigenvalue weighted by atomic mass is 10.1. The van der Waals surface area contributed by atoms with E-state index in [1.165, 1.54) is 18.4 Å². The maximum atomic E-state index is 4.50. The van der Waals surface area contributed by atoms with Crippen molar-refractivity contribution in [2.75, 3.05) is 0 Å². The number of aromatic nitrogens is 4. The van der Waals surface area contributed by atoms with Crippen molar-refractivity contribution in [3.05, 3.63) is 36.5 Å². The van der Waals surface area contributed by atoms with Gasteiger partial charge in [-0.15, -0.1) is 0 Å². The van der Waals surface area contributed by atoms with E-state index in [1.807, 2.05) is 19.4 Å². The highest BCUT2D eigenvalue weighted by Gasteiger charge is 2.24. The molecule has 0 spiro atoms. The molecule has 0 aliphatic heterocycles. The van der Waals surface area contributed by atoms with Gasteiger partial charge in [0.05, 0.1) is 29.3 Å². The van der Waals surface area contributed by atoms with E-state index in [9.17, 15) is 0 Å². The van der Waals surface area contributed by atoms with Crippen molar-refractivity contribution in [2.24, 2.45) is 0 Å². The summed E-state index contributed by atoms with van der Waals surface area (Å²) in [5.41, 5.74) is 4.49. The van der Waals surface area contributed by atoms with Crippen molar-refractivity contribution < 1.29 is 0 Å².